The summed E-state index contributed by atoms with van der Waals surface area (Å²) in [6, 6.07) is 1.55. The minimum absolute atomic E-state index is 0.0141. The van der Waals surface area contributed by atoms with Crippen molar-refractivity contribution >= 4 is 20.2 Å². The average Bonchev–Trinajstić information content (AvgIpc) is 2.24. The first-order valence-electron chi connectivity index (χ1n) is 4.47. The summed E-state index contributed by atoms with van der Waals surface area (Å²) in [6.07, 6.45) is 0. The highest BCUT2D eigenvalue weighted by atomic mass is 32.2. The molecule has 4 N–H and O–H groups in total. The molecule has 102 valence electrons. The predicted molar refractivity (Wildman–Crippen MR) is 60.5 cm³/mol. The molecule has 8 nitrogen and oxygen atoms in total. The van der Waals surface area contributed by atoms with E-state index in [1.54, 1.807) is 0 Å². The van der Waals surface area contributed by atoms with E-state index in [0.717, 1.165) is 13.2 Å². The fourth-order valence-corrected chi connectivity index (χ4v) is 2.71. The van der Waals surface area contributed by atoms with Gasteiger partial charge in [0.15, 0.2) is 0 Å². The van der Waals surface area contributed by atoms with Gasteiger partial charge in [-0.1, -0.05) is 0 Å². The van der Waals surface area contributed by atoms with Crippen molar-refractivity contribution < 1.29 is 30.7 Å². The molecule has 18 heavy (non-hydrogen) atoms. The second-order valence-electron chi connectivity index (χ2n) is 3.27. The molecule has 1 rings (SSSR count). The monoisotopic (exact) mass is 297 g/mol. The van der Waals surface area contributed by atoms with Gasteiger partial charge >= 0.3 is 0 Å². The van der Waals surface area contributed by atoms with Crippen LogP contribution in [0.5, 0.6) is 5.75 Å². The van der Waals surface area contributed by atoms with Crippen LogP contribution in [0.25, 0.3) is 0 Å². The van der Waals surface area contributed by atoms with Crippen molar-refractivity contribution in [1.29, 1.82) is 0 Å². The lowest BCUT2D eigenvalue weighted by molar-refractivity contribution is 0.391. The van der Waals surface area contributed by atoms with Crippen molar-refractivity contribution in [3.63, 3.8) is 0 Å². The van der Waals surface area contributed by atoms with Crippen LogP contribution in [0, 0.1) is 0 Å². The van der Waals surface area contributed by atoms with Gasteiger partial charge in [0.05, 0.1) is 12.0 Å². The maximum Gasteiger partial charge on any atom is 0.298 e. The molecular weight excluding hydrogens is 286 g/mol. The number of hydrogen-bond acceptors (Lipinski definition) is 6. The van der Waals surface area contributed by atoms with Crippen LogP contribution in [0.2, 0.25) is 0 Å². The normalized spacial score (nSPS) is 12.4. The topological polar surface area (TPSA) is 144 Å². The Bertz CT molecular complexity index is 663. The van der Waals surface area contributed by atoms with Crippen LogP contribution in [-0.4, -0.2) is 33.1 Å². The van der Waals surface area contributed by atoms with Crippen molar-refractivity contribution in [3.8, 4) is 5.75 Å². The summed E-state index contributed by atoms with van der Waals surface area (Å²) in [7, 11) is -8.21. The molecule has 0 fully saturated rings. The molecule has 0 atom stereocenters. The van der Waals surface area contributed by atoms with Crippen LogP contribution in [0.15, 0.2) is 21.9 Å². The summed E-state index contributed by atoms with van der Waals surface area (Å²) in [5.41, 5.74) is 5.33. The Morgan fingerprint density at radius 1 is 1.17 bits per heavy atom. The quantitative estimate of drug-likeness (QED) is 0.639. The van der Waals surface area contributed by atoms with Crippen LogP contribution >= 0.6 is 0 Å². The lowest BCUT2D eigenvalue weighted by atomic mass is 10.2. The standard InChI is InChI=1S/C8H11NO7S2/c1-16-8-5(4-9)2-6(17(10,11)12)3-7(8)18(13,14)15/h2-3H,4,9H2,1H3,(H,10,11,12)(H,13,14,15). The van der Waals surface area contributed by atoms with Gasteiger partial charge in [0.25, 0.3) is 20.2 Å². The van der Waals surface area contributed by atoms with Crippen LogP contribution in [0.1, 0.15) is 5.56 Å². The molecule has 0 saturated heterocycles. The average molecular weight is 297 g/mol. The molecule has 0 aromatic heterocycles. The summed E-state index contributed by atoms with van der Waals surface area (Å²) < 4.78 is 66.8. The van der Waals surface area contributed by atoms with Gasteiger partial charge in [0, 0.05) is 12.1 Å². The number of methoxy groups -OCH3 is 1. The first-order valence-corrected chi connectivity index (χ1v) is 7.35. The predicted octanol–water partition coefficient (Wildman–Crippen LogP) is -0.353. The van der Waals surface area contributed by atoms with Crippen molar-refractivity contribution in [3.05, 3.63) is 17.7 Å². The number of benzene rings is 1. The zero-order valence-electron chi connectivity index (χ0n) is 9.19. The van der Waals surface area contributed by atoms with Crippen LogP contribution < -0.4 is 10.5 Å². The molecule has 1 aromatic rings. The molecule has 0 aliphatic rings. The van der Waals surface area contributed by atoms with Crippen molar-refractivity contribution in [2.75, 3.05) is 7.11 Å². The van der Waals surface area contributed by atoms with Crippen LogP contribution in [-0.2, 0) is 26.8 Å². The molecule has 1 aromatic carbocycles. The molecule has 0 spiro atoms. The molecule has 0 aliphatic heterocycles. The number of ether oxygens (including phenoxy) is 1. The Labute approximate surface area is 104 Å². The summed E-state index contributed by atoms with van der Waals surface area (Å²) >= 11 is 0. The highest BCUT2D eigenvalue weighted by molar-refractivity contribution is 7.86. The van der Waals surface area contributed by atoms with Gasteiger partial charge in [-0.05, 0) is 12.1 Å². The molecule has 0 saturated carbocycles. The minimum atomic E-state index is -4.72. The van der Waals surface area contributed by atoms with Crippen LogP contribution in [0.4, 0.5) is 0 Å². The smallest absolute Gasteiger partial charge is 0.298 e. The molecule has 0 bridgehead atoms. The Morgan fingerprint density at radius 3 is 2.06 bits per heavy atom. The molecule has 0 heterocycles. The Hall–Kier alpha value is -1.20. The summed E-state index contributed by atoms with van der Waals surface area (Å²) in [4.78, 5) is -1.48. The van der Waals surface area contributed by atoms with Gasteiger partial charge in [0.2, 0.25) is 0 Å². The molecule has 0 unspecified atom stereocenters. The highest BCUT2D eigenvalue weighted by Gasteiger charge is 2.24. The summed E-state index contributed by atoms with van der Waals surface area (Å²) in [5, 5.41) is 0. The van der Waals surface area contributed by atoms with E-state index in [0.29, 0.717) is 6.07 Å². The Balaban J connectivity index is 3.79. The largest absolute Gasteiger partial charge is 0.495 e. The van der Waals surface area contributed by atoms with Gasteiger partial charge in [-0.15, -0.1) is 0 Å². The van der Waals surface area contributed by atoms with Gasteiger partial charge < -0.3 is 10.5 Å². The number of hydrogen-bond donors (Lipinski definition) is 3. The van der Waals surface area contributed by atoms with Crippen molar-refractivity contribution in [1.82, 2.24) is 0 Å². The van der Waals surface area contributed by atoms with E-state index in [-0.39, 0.29) is 17.9 Å². The molecule has 0 aliphatic carbocycles. The first kappa shape index (κ1) is 14.9. The number of nitrogens with two attached hydrogens (primary N) is 1. The molecule has 10 heteroatoms. The van der Waals surface area contributed by atoms with Gasteiger partial charge in [-0.25, -0.2) is 0 Å². The molecule has 0 amide bonds. The van der Waals surface area contributed by atoms with E-state index >= 15 is 0 Å². The third-order valence-corrected chi connectivity index (χ3v) is 3.80. The van der Waals surface area contributed by atoms with E-state index in [1.165, 1.54) is 0 Å². The maximum atomic E-state index is 11.1. The molecular formula is C8H11NO7S2. The maximum absolute atomic E-state index is 11.1. The summed E-state index contributed by atoms with van der Waals surface area (Å²) in [6.45, 7) is -0.241. The lowest BCUT2D eigenvalue weighted by Gasteiger charge is -2.12. The van der Waals surface area contributed by atoms with E-state index in [1.807, 2.05) is 0 Å². The third kappa shape index (κ3) is 2.97. The van der Waals surface area contributed by atoms with Gasteiger partial charge in [0.1, 0.15) is 10.6 Å². The minimum Gasteiger partial charge on any atom is -0.495 e. The van der Waals surface area contributed by atoms with E-state index < -0.39 is 30.0 Å². The fourth-order valence-electron chi connectivity index (χ4n) is 1.36. The van der Waals surface area contributed by atoms with E-state index in [2.05, 4.69) is 0 Å². The number of rotatable bonds is 4. The SMILES string of the molecule is COc1c(CN)cc(S(=O)(=O)O)cc1S(=O)(=O)O. The second kappa shape index (κ2) is 4.82. The third-order valence-electron chi connectivity index (χ3n) is 2.11. The Kier molecular flexibility index (Phi) is 3.98. The molecule has 0 radical (unpaired) electrons. The summed E-state index contributed by atoms with van der Waals surface area (Å²) in [5.74, 6) is -0.271. The van der Waals surface area contributed by atoms with E-state index in [9.17, 15) is 16.8 Å². The zero-order valence-corrected chi connectivity index (χ0v) is 10.8. The van der Waals surface area contributed by atoms with E-state index in [4.69, 9.17) is 19.6 Å². The van der Waals surface area contributed by atoms with Crippen LogP contribution in [0.3, 0.4) is 0 Å². The lowest BCUT2D eigenvalue weighted by Crippen LogP contribution is -2.10. The van der Waals surface area contributed by atoms with Gasteiger partial charge in [-0.2, -0.15) is 16.8 Å². The first-order chi connectivity index (χ1) is 8.11. The van der Waals surface area contributed by atoms with Crippen molar-refractivity contribution in [2.45, 2.75) is 16.3 Å². The second-order valence-corrected chi connectivity index (χ2v) is 6.08. The zero-order chi connectivity index (χ0) is 14.1. The fraction of sp³-hybridized carbons (Fsp3) is 0.250. The Morgan fingerprint density at radius 2 is 1.72 bits per heavy atom. The van der Waals surface area contributed by atoms with Crippen molar-refractivity contribution in [2.24, 2.45) is 5.73 Å². The van der Waals surface area contributed by atoms with Gasteiger partial charge in [-0.3, -0.25) is 9.11 Å². The highest BCUT2D eigenvalue weighted by Crippen LogP contribution is 2.31.